The van der Waals surface area contributed by atoms with E-state index in [2.05, 4.69) is 25.3 Å². The van der Waals surface area contributed by atoms with Gasteiger partial charge in [0.1, 0.15) is 0 Å². The van der Waals surface area contributed by atoms with E-state index < -0.39 is 0 Å². The minimum Gasteiger partial charge on any atom is -0.373 e. The van der Waals surface area contributed by atoms with Gasteiger partial charge in [-0.2, -0.15) is 0 Å². The molecule has 0 nitrogen and oxygen atoms in total. The average molecular weight is 290 g/mol. The van der Waals surface area contributed by atoms with Crippen molar-refractivity contribution in [3.05, 3.63) is 36.5 Å². The summed E-state index contributed by atoms with van der Waals surface area (Å²) in [6.45, 7) is 10.8. The van der Waals surface area contributed by atoms with Crippen LogP contribution in [-0.2, 0) is 21.1 Å². The van der Waals surface area contributed by atoms with Crippen LogP contribution in [0.1, 0.15) is 13.8 Å². The van der Waals surface area contributed by atoms with Gasteiger partial charge in [-0.15, -0.1) is 13.8 Å². The molecule has 48 valence electrons. The normalized spacial score (nSPS) is 10.9. The summed E-state index contributed by atoms with van der Waals surface area (Å²) in [6.07, 6.45) is 5.49. The maximum absolute atomic E-state index is 3.48. The molecule has 0 bridgehead atoms. The van der Waals surface area contributed by atoms with Gasteiger partial charge in [-0.25, -0.2) is 13.2 Å². The third-order valence-electron chi connectivity index (χ3n) is 1.09. The Kier molecular flexibility index (Phi) is 7.83. The van der Waals surface area contributed by atoms with Crippen LogP contribution in [0, 0.1) is 12.2 Å². The molecule has 9 heavy (non-hydrogen) atoms. The van der Waals surface area contributed by atoms with Crippen LogP contribution in [0.3, 0.4) is 0 Å². The summed E-state index contributed by atoms with van der Waals surface area (Å²) in [4.78, 5) is 0. The first kappa shape index (κ1) is 11.7. The second-order valence-corrected chi connectivity index (χ2v) is 1.60. The largest absolute Gasteiger partial charge is 2.00 e. The summed E-state index contributed by atoms with van der Waals surface area (Å²) in [6, 6.07) is 0. The van der Waals surface area contributed by atoms with Crippen molar-refractivity contribution in [3.63, 3.8) is 0 Å². The zero-order valence-electron chi connectivity index (χ0n) is 5.82. The van der Waals surface area contributed by atoms with Gasteiger partial charge in [0.2, 0.25) is 0 Å². The minimum absolute atomic E-state index is 0. The quantitative estimate of drug-likeness (QED) is 0.541. The van der Waals surface area contributed by atoms with Crippen LogP contribution in [0.15, 0.2) is 24.3 Å². The number of allylic oxidation sites excluding steroid dienone is 4. The van der Waals surface area contributed by atoms with Crippen LogP contribution < -0.4 is 0 Å². The zero-order valence-corrected chi connectivity index (χ0v) is 8.76. The monoisotopic (exact) mass is 290 g/mol. The molecule has 0 fully saturated rings. The molecule has 0 amide bonds. The number of rotatable bonds is 2. The molecule has 0 N–H and O–H groups in total. The molecular weight excluding hydrogens is 280 g/mol. The Bertz CT molecular complexity index is 116. The van der Waals surface area contributed by atoms with Crippen LogP contribution in [0.4, 0.5) is 0 Å². The van der Waals surface area contributed by atoms with Crippen molar-refractivity contribution in [2.75, 3.05) is 0 Å². The van der Waals surface area contributed by atoms with E-state index in [-0.39, 0.29) is 21.1 Å². The Labute approximate surface area is 71.6 Å². The maximum Gasteiger partial charge on any atom is 2.00 e. The first-order valence-electron chi connectivity index (χ1n) is 2.46. The third-order valence-corrected chi connectivity index (χ3v) is 1.09. The van der Waals surface area contributed by atoms with E-state index in [1.165, 1.54) is 0 Å². The molecule has 0 heterocycles. The number of hydrogen-bond acceptors (Lipinski definition) is 0. The smallest absolute Gasteiger partial charge is 0.373 e. The van der Waals surface area contributed by atoms with Gasteiger partial charge in [-0.05, 0) is 0 Å². The van der Waals surface area contributed by atoms with Crippen molar-refractivity contribution in [2.24, 2.45) is 0 Å². The summed E-state index contributed by atoms with van der Waals surface area (Å²) in [5, 5.41) is 0. The minimum atomic E-state index is 0. The van der Waals surface area contributed by atoms with Crippen LogP contribution in [-0.4, -0.2) is 0 Å². The van der Waals surface area contributed by atoms with E-state index in [1.807, 2.05) is 13.8 Å². The van der Waals surface area contributed by atoms with Gasteiger partial charge in [0.05, 0.1) is 0 Å². The fraction of sp³-hybridized carbons (Fsp3) is 0.250. The summed E-state index contributed by atoms with van der Waals surface area (Å²) in [5.41, 5.74) is 2.03. The Morgan fingerprint density at radius 1 is 1.00 bits per heavy atom. The van der Waals surface area contributed by atoms with Gasteiger partial charge in [0.25, 0.3) is 0 Å². The first-order chi connectivity index (χ1) is 3.72. The molecule has 0 aliphatic heterocycles. The van der Waals surface area contributed by atoms with Crippen molar-refractivity contribution in [1.29, 1.82) is 0 Å². The fourth-order valence-corrected chi connectivity index (χ4v) is 0.265. The van der Waals surface area contributed by atoms with Crippen LogP contribution in [0.5, 0.6) is 0 Å². The summed E-state index contributed by atoms with van der Waals surface area (Å²) in [7, 11) is 0. The van der Waals surface area contributed by atoms with E-state index >= 15 is 0 Å². The van der Waals surface area contributed by atoms with Crippen LogP contribution in [0.2, 0.25) is 0 Å². The topological polar surface area (TPSA) is 0 Å². The maximum atomic E-state index is 3.48. The van der Waals surface area contributed by atoms with E-state index in [9.17, 15) is 0 Å². The predicted octanol–water partition coefficient (Wildman–Crippen LogP) is 2.30. The summed E-state index contributed by atoms with van der Waals surface area (Å²) >= 11 is 0. The summed E-state index contributed by atoms with van der Waals surface area (Å²) in [5.74, 6) is 0. The predicted molar refractivity (Wildman–Crippen MR) is 36.1 cm³/mol. The van der Waals surface area contributed by atoms with Gasteiger partial charge in [-0.1, -0.05) is 0 Å². The molecule has 1 heteroatoms. The van der Waals surface area contributed by atoms with Crippen molar-refractivity contribution in [1.82, 2.24) is 0 Å². The molecule has 0 aliphatic carbocycles. The summed E-state index contributed by atoms with van der Waals surface area (Å²) < 4.78 is 0. The molecule has 0 spiro atoms. The molecule has 0 rings (SSSR count). The molecular formula is C8H10W. The van der Waals surface area contributed by atoms with Gasteiger partial charge in [0, 0.05) is 0 Å². The SMILES string of the molecule is C=[C-]/C(C)=C(/C)[C-]=C.[W+2]. The zero-order chi connectivity index (χ0) is 6.57. The van der Waals surface area contributed by atoms with Crippen molar-refractivity contribution >= 4 is 0 Å². The number of hydrogen-bond donors (Lipinski definition) is 0. The van der Waals surface area contributed by atoms with Gasteiger partial charge in [0.15, 0.2) is 0 Å². The molecule has 0 aromatic carbocycles. The molecule has 0 aliphatic rings. The second kappa shape index (κ2) is 6.03. The van der Waals surface area contributed by atoms with Crippen LogP contribution >= 0.6 is 0 Å². The fourth-order valence-electron chi connectivity index (χ4n) is 0.265. The molecule has 0 saturated heterocycles. The Morgan fingerprint density at radius 3 is 1.33 bits per heavy atom. The Balaban J connectivity index is 0. The van der Waals surface area contributed by atoms with Crippen molar-refractivity contribution in [2.45, 2.75) is 13.8 Å². The van der Waals surface area contributed by atoms with Gasteiger partial charge < -0.3 is 23.3 Å². The molecule has 0 unspecified atom stereocenters. The van der Waals surface area contributed by atoms with E-state index in [0.29, 0.717) is 0 Å². The van der Waals surface area contributed by atoms with E-state index in [0.717, 1.165) is 11.1 Å². The Hall–Kier alpha value is -0.0917. The molecule has 0 saturated carbocycles. The molecule has 0 aromatic heterocycles. The molecule has 0 radical (unpaired) electrons. The second-order valence-electron chi connectivity index (χ2n) is 1.60. The standard InChI is InChI=1S/C8H10.W/c1-5-7(3)8(4)6-2;/h1-2H2,3-4H3;/q-2;+2/b8-7-;. The van der Waals surface area contributed by atoms with Crippen LogP contribution in [0.25, 0.3) is 0 Å². The first-order valence-corrected chi connectivity index (χ1v) is 2.46. The average Bonchev–Trinajstić information content (AvgIpc) is 1.84. The van der Waals surface area contributed by atoms with Crippen molar-refractivity contribution in [3.8, 4) is 0 Å². The third kappa shape index (κ3) is 4.41. The van der Waals surface area contributed by atoms with Gasteiger partial charge in [-0.3, -0.25) is 0 Å². The van der Waals surface area contributed by atoms with Gasteiger partial charge >= 0.3 is 21.1 Å². The molecule has 0 aromatic rings. The Morgan fingerprint density at radius 2 is 1.22 bits per heavy atom. The van der Waals surface area contributed by atoms with Crippen molar-refractivity contribution < 1.29 is 21.1 Å². The molecule has 0 atom stereocenters. The van der Waals surface area contributed by atoms with E-state index in [4.69, 9.17) is 0 Å². The van der Waals surface area contributed by atoms with E-state index in [1.54, 1.807) is 0 Å².